The molecule has 1 fully saturated rings. The fourth-order valence-corrected chi connectivity index (χ4v) is 4.19. The van der Waals surface area contributed by atoms with Gasteiger partial charge in [0.2, 0.25) is 5.91 Å². The Morgan fingerprint density at radius 2 is 1.89 bits per heavy atom. The predicted octanol–water partition coefficient (Wildman–Crippen LogP) is 3.90. The Balaban J connectivity index is 1.22. The van der Waals surface area contributed by atoms with Crippen molar-refractivity contribution in [3.63, 3.8) is 0 Å². The van der Waals surface area contributed by atoms with Crippen LogP contribution in [0.4, 0.5) is 14.6 Å². The van der Waals surface area contributed by atoms with E-state index < -0.39 is 6.11 Å². The smallest absolute Gasteiger partial charge is 0.394 e. The number of hydrogen-bond donors (Lipinski definition) is 1. The van der Waals surface area contributed by atoms with Crippen LogP contribution in [0.15, 0.2) is 61.2 Å². The lowest BCUT2D eigenvalue weighted by molar-refractivity contribution is -0.159. The van der Waals surface area contributed by atoms with E-state index >= 15 is 0 Å². The second-order valence-electron chi connectivity index (χ2n) is 8.48. The number of piperazine rings is 1. The Hall–Kier alpha value is -4.08. The van der Waals surface area contributed by atoms with Gasteiger partial charge in [-0.15, -0.1) is 0 Å². The fraction of sp³-hybridized carbons (Fsp3) is 0.280. The van der Waals surface area contributed by atoms with Gasteiger partial charge in [-0.2, -0.15) is 8.78 Å². The van der Waals surface area contributed by atoms with Crippen LogP contribution in [0.5, 0.6) is 5.75 Å². The maximum Gasteiger partial charge on any atom is 0.394 e. The zero-order valence-corrected chi connectivity index (χ0v) is 19.1. The number of anilines is 1. The van der Waals surface area contributed by atoms with Crippen molar-refractivity contribution in [2.24, 2.45) is 0 Å². The molecule has 4 heterocycles. The topological polar surface area (TPSA) is 87.2 Å². The molecule has 1 N–H and O–H groups in total. The zero-order chi connectivity index (χ0) is 24.4. The van der Waals surface area contributed by atoms with Gasteiger partial charge in [-0.3, -0.25) is 9.78 Å². The molecule has 0 spiro atoms. The molecule has 5 rings (SSSR count). The minimum atomic E-state index is -3.24. The summed E-state index contributed by atoms with van der Waals surface area (Å²) >= 11 is 0. The number of fused-ring (bicyclic) bond motifs is 1. The SMILES string of the molecule is CC(F)(F)Oc1ccc(CC(=O)N2CCN(c3ncnc4[nH]c(-c5cccnc5)cc34)CC2)cc1. The number of amides is 1. The van der Waals surface area contributed by atoms with Crippen LogP contribution in [0.3, 0.4) is 0 Å². The van der Waals surface area contributed by atoms with Crippen molar-refractivity contribution in [3.05, 3.63) is 66.7 Å². The second kappa shape index (κ2) is 9.28. The number of rotatable bonds is 6. The van der Waals surface area contributed by atoms with Crippen LogP contribution in [-0.4, -0.2) is 63.0 Å². The van der Waals surface area contributed by atoms with Gasteiger partial charge in [-0.25, -0.2) is 9.97 Å². The van der Waals surface area contributed by atoms with E-state index in [1.807, 2.05) is 23.1 Å². The minimum absolute atomic E-state index is 0.00696. The van der Waals surface area contributed by atoms with Gasteiger partial charge in [0.25, 0.3) is 0 Å². The molecule has 8 nitrogen and oxygen atoms in total. The van der Waals surface area contributed by atoms with Gasteiger partial charge >= 0.3 is 6.11 Å². The molecule has 0 radical (unpaired) electrons. The number of carbonyl (C=O) groups excluding carboxylic acids is 1. The molecule has 1 aliphatic heterocycles. The molecule has 0 atom stereocenters. The normalized spacial score (nSPS) is 14.4. The third-order valence-electron chi connectivity index (χ3n) is 5.88. The van der Waals surface area contributed by atoms with Crippen molar-refractivity contribution >= 4 is 22.8 Å². The average molecular weight is 479 g/mol. The molecule has 10 heteroatoms. The number of carbonyl (C=O) groups is 1. The second-order valence-corrected chi connectivity index (χ2v) is 8.48. The molecule has 1 amide bonds. The van der Waals surface area contributed by atoms with Crippen molar-refractivity contribution in [3.8, 4) is 17.0 Å². The number of ether oxygens (including phenoxy) is 1. The van der Waals surface area contributed by atoms with E-state index in [0.717, 1.165) is 33.7 Å². The number of pyridine rings is 1. The maximum absolute atomic E-state index is 13.0. The summed E-state index contributed by atoms with van der Waals surface area (Å²) in [6, 6.07) is 12.1. The van der Waals surface area contributed by atoms with Gasteiger partial charge in [0.1, 0.15) is 23.5 Å². The lowest BCUT2D eigenvalue weighted by atomic mass is 10.1. The predicted molar refractivity (Wildman–Crippen MR) is 127 cm³/mol. The first-order valence-electron chi connectivity index (χ1n) is 11.3. The number of halogens is 2. The first-order valence-corrected chi connectivity index (χ1v) is 11.3. The van der Waals surface area contributed by atoms with E-state index in [4.69, 9.17) is 0 Å². The van der Waals surface area contributed by atoms with Gasteiger partial charge in [0.15, 0.2) is 0 Å². The molecular weight excluding hydrogens is 454 g/mol. The monoisotopic (exact) mass is 478 g/mol. The molecule has 1 aromatic carbocycles. The molecule has 0 aliphatic carbocycles. The molecule has 0 unspecified atom stereocenters. The molecule has 4 aromatic rings. The Bertz CT molecular complexity index is 1310. The van der Waals surface area contributed by atoms with Crippen LogP contribution in [0.1, 0.15) is 12.5 Å². The summed E-state index contributed by atoms with van der Waals surface area (Å²) in [6.45, 7) is 3.10. The summed E-state index contributed by atoms with van der Waals surface area (Å²) in [5.41, 5.74) is 3.38. The Labute approximate surface area is 200 Å². The summed E-state index contributed by atoms with van der Waals surface area (Å²) in [4.78, 5) is 33.2. The van der Waals surface area contributed by atoms with E-state index in [0.29, 0.717) is 33.1 Å². The Morgan fingerprint density at radius 1 is 1.11 bits per heavy atom. The van der Waals surface area contributed by atoms with Crippen molar-refractivity contribution in [2.75, 3.05) is 31.1 Å². The third-order valence-corrected chi connectivity index (χ3v) is 5.88. The largest absolute Gasteiger partial charge is 0.433 e. The molecule has 1 saturated heterocycles. The molecule has 0 saturated carbocycles. The molecule has 0 bridgehead atoms. The van der Waals surface area contributed by atoms with E-state index in [-0.39, 0.29) is 18.1 Å². The minimum Gasteiger partial charge on any atom is -0.433 e. The molecule has 1 aliphatic rings. The number of benzene rings is 1. The van der Waals surface area contributed by atoms with Crippen molar-refractivity contribution in [1.29, 1.82) is 0 Å². The van der Waals surface area contributed by atoms with Crippen LogP contribution in [0, 0.1) is 0 Å². The molecular formula is C25H24F2N6O2. The maximum atomic E-state index is 13.0. The van der Waals surface area contributed by atoms with E-state index in [9.17, 15) is 13.6 Å². The Morgan fingerprint density at radius 3 is 2.57 bits per heavy atom. The number of nitrogens with zero attached hydrogens (tertiary/aromatic N) is 5. The van der Waals surface area contributed by atoms with E-state index in [1.165, 1.54) is 12.1 Å². The van der Waals surface area contributed by atoms with Crippen LogP contribution in [0.25, 0.3) is 22.3 Å². The Kier molecular flexibility index (Phi) is 6.02. The lowest BCUT2D eigenvalue weighted by Crippen LogP contribution is -2.49. The van der Waals surface area contributed by atoms with Crippen molar-refractivity contribution in [1.82, 2.24) is 24.8 Å². The highest BCUT2D eigenvalue weighted by molar-refractivity contribution is 5.92. The summed E-state index contributed by atoms with van der Waals surface area (Å²) < 4.78 is 30.5. The number of aromatic nitrogens is 4. The quantitative estimate of drug-likeness (QED) is 0.452. The highest BCUT2D eigenvalue weighted by Crippen LogP contribution is 2.29. The number of H-pyrrole nitrogens is 1. The molecule has 35 heavy (non-hydrogen) atoms. The first kappa shape index (κ1) is 22.7. The zero-order valence-electron chi connectivity index (χ0n) is 19.1. The molecule has 180 valence electrons. The van der Waals surface area contributed by atoms with Crippen LogP contribution in [-0.2, 0) is 11.2 Å². The van der Waals surface area contributed by atoms with Gasteiger partial charge < -0.3 is 19.5 Å². The average Bonchev–Trinajstić information content (AvgIpc) is 3.30. The van der Waals surface area contributed by atoms with E-state index in [1.54, 1.807) is 30.9 Å². The van der Waals surface area contributed by atoms with Gasteiger partial charge in [-0.05, 0) is 35.9 Å². The summed E-state index contributed by atoms with van der Waals surface area (Å²) in [5.74, 6) is 0.888. The van der Waals surface area contributed by atoms with Crippen LogP contribution in [0.2, 0.25) is 0 Å². The number of aromatic amines is 1. The van der Waals surface area contributed by atoms with Gasteiger partial charge in [-0.1, -0.05) is 12.1 Å². The third kappa shape index (κ3) is 5.21. The van der Waals surface area contributed by atoms with Gasteiger partial charge in [0, 0.05) is 56.8 Å². The highest BCUT2D eigenvalue weighted by Gasteiger charge is 2.25. The lowest BCUT2D eigenvalue weighted by Gasteiger charge is -2.35. The number of alkyl halides is 2. The van der Waals surface area contributed by atoms with Crippen LogP contribution < -0.4 is 9.64 Å². The summed E-state index contributed by atoms with van der Waals surface area (Å²) in [6.07, 6.45) is 2.03. The summed E-state index contributed by atoms with van der Waals surface area (Å²) in [7, 11) is 0. The van der Waals surface area contributed by atoms with E-state index in [2.05, 4.69) is 29.6 Å². The fourth-order valence-electron chi connectivity index (χ4n) is 4.19. The standard InChI is InChI=1S/C25H24F2N6O2/c1-25(26,27)35-19-6-4-17(5-7-19)13-22(34)32-9-11-33(12-10-32)24-20-14-21(18-3-2-8-28-15-18)31-23(20)29-16-30-24/h2-8,14-16H,9-13H2,1H3,(H,29,30,31). The van der Waals surface area contributed by atoms with Crippen molar-refractivity contribution < 1.29 is 18.3 Å². The number of hydrogen-bond acceptors (Lipinski definition) is 6. The van der Waals surface area contributed by atoms with Crippen LogP contribution >= 0.6 is 0 Å². The highest BCUT2D eigenvalue weighted by atomic mass is 19.3. The molecule has 3 aromatic heterocycles. The first-order chi connectivity index (χ1) is 16.9. The summed E-state index contributed by atoms with van der Waals surface area (Å²) in [5, 5.41) is 0.922. The number of nitrogens with one attached hydrogen (secondary N) is 1. The van der Waals surface area contributed by atoms with Crippen molar-refractivity contribution in [2.45, 2.75) is 19.5 Å². The van der Waals surface area contributed by atoms with Gasteiger partial charge in [0.05, 0.1) is 11.8 Å².